The lowest BCUT2D eigenvalue weighted by atomic mass is 9.94. The third kappa shape index (κ3) is 5.06. The van der Waals surface area contributed by atoms with Crippen molar-refractivity contribution >= 4 is 14.4 Å². The zero-order valence-corrected chi connectivity index (χ0v) is 16.7. The van der Waals surface area contributed by atoms with Crippen LogP contribution in [0.15, 0.2) is 30.3 Å². The summed E-state index contributed by atoms with van der Waals surface area (Å²) in [5.74, 6) is 0.273. The molecule has 0 aromatic heterocycles. The van der Waals surface area contributed by atoms with E-state index in [9.17, 15) is 14.7 Å². The summed E-state index contributed by atoms with van der Waals surface area (Å²) in [6, 6.07) is 9.38. The van der Waals surface area contributed by atoms with Crippen LogP contribution < -0.4 is 0 Å². The summed E-state index contributed by atoms with van der Waals surface area (Å²) in [7, 11) is -2.29. The number of ether oxygens (including phenoxy) is 1. The number of rotatable bonds is 6. The largest absolute Gasteiger partial charge is 0.445 e. The lowest BCUT2D eigenvalue weighted by molar-refractivity contribution is 0.0789. The number of carbonyl (C=O) groups excluding carboxylic acids is 1. The Labute approximate surface area is 151 Å². The molecule has 1 aliphatic rings. The van der Waals surface area contributed by atoms with E-state index in [4.69, 9.17) is 4.74 Å². The van der Waals surface area contributed by atoms with E-state index in [0.717, 1.165) is 18.4 Å². The maximum absolute atomic E-state index is 12.4. The van der Waals surface area contributed by atoms with Crippen molar-refractivity contribution in [2.45, 2.75) is 57.5 Å². The van der Waals surface area contributed by atoms with E-state index in [0.29, 0.717) is 6.54 Å². The molecule has 2 rings (SSSR count). The number of amides is 1. The van der Waals surface area contributed by atoms with Crippen LogP contribution >= 0.6 is 0 Å². The maximum Gasteiger partial charge on any atom is 0.410 e. The van der Waals surface area contributed by atoms with Crippen molar-refractivity contribution in [1.29, 1.82) is 0 Å². The molecule has 5 nitrogen and oxygen atoms in total. The Morgan fingerprint density at radius 1 is 1.32 bits per heavy atom. The first-order valence-corrected chi connectivity index (χ1v) is 11.9. The van der Waals surface area contributed by atoms with Gasteiger partial charge in [0.25, 0.3) is 0 Å². The van der Waals surface area contributed by atoms with E-state index >= 15 is 0 Å². The molecule has 140 valence electrons. The zero-order valence-electron chi connectivity index (χ0n) is 15.7. The van der Waals surface area contributed by atoms with Gasteiger partial charge in [0.2, 0.25) is 0 Å². The molecule has 6 heteroatoms. The minimum absolute atomic E-state index is 0.0582. The van der Waals surface area contributed by atoms with E-state index < -0.39 is 8.32 Å². The summed E-state index contributed by atoms with van der Waals surface area (Å²) in [5, 5.41) is 9.52. The number of benzene rings is 1. The Bertz CT molecular complexity index is 571. The lowest BCUT2D eigenvalue weighted by Crippen LogP contribution is -2.40. The van der Waals surface area contributed by atoms with Gasteiger partial charge in [0, 0.05) is 6.54 Å². The van der Waals surface area contributed by atoms with Crippen molar-refractivity contribution < 1.29 is 19.4 Å². The second-order valence-corrected chi connectivity index (χ2v) is 12.7. The van der Waals surface area contributed by atoms with Crippen LogP contribution in [0.25, 0.3) is 0 Å². The van der Waals surface area contributed by atoms with Crippen LogP contribution in [0, 0.1) is 5.92 Å². The van der Waals surface area contributed by atoms with E-state index in [-0.39, 0.29) is 36.3 Å². The molecular formula is C19H31NO4Si. The van der Waals surface area contributed by atoms with Crippen LogP contribution in [0.3, 0.4) is 0 Å². The van der Waals surface area contributed by atoms with Gasteiger partial charge < -0.3 is 19.5 Å². The van der Waals surface area contributed by atoms with E-state index in [1.165, 1.54) is 0 Å². The van der Waals surface area contributed by atoms with Gasteiger partial charge in [-0.05, 0) is 42.5 Å². The highest BCUT2D eigenvalue weighted by Gasteiger charge is 2.43. The number of aliphatic hydroxyl groups excluding tert-OH is 1. The topological polar surface area (TPSA) is 70.0 Å². The fourth-order valence-corrected chi connectivity index (χ4v) is 4.12. The Hall–Kier alpha value is -1.37. The number of carbonyl (C=O) groups is 1. The van der Waals surface area contributed by atoms with Gasteiger partial charge in [-0.3, -0.25) is 0 Å². The van der Waals surface area contributed by atoms with Crippen LogP contribution in [0.5, 0.6) is 0 Å². The molecule has 0 radical (unpaired) electrons. The van der Waals surface area contributed by atoms with Crippen LogP contribution in [0.1, 0.15) is 32.3 Å². The molecule has 1 amide bonds. The number of hydrogen-bond acceptors (Lipinski definition) is 4. The summed E-state index contributed by atoms with van der Waals surface area (Å²) < 4.78 is 5.42. The van der Waals surface area contributed by atoms with E-state index in [1.807, 2.05) is 43.4 Å². The minimum atomic E-state index is -2.29. The highest BCUT2D eigenvalue weighted by Crippen LogP contribution is 2.44. The van der Waals surface area contributed by atoms with Crippen molar-refractivity contribution in [3.8, 4) is 0 Å². The predicted molar refractivity (Wildman–Crippen MR) is 101 cm³/mol. The van der Waals surface area contributed by atoms with Gasteiger partial charge in [0.05, 0.1) is 12.6 Å². The third-order valence-corrected chi connectivity index (χ3v) is 9.12. The van der Waals surface area contributed by atoms with Crippen molar-refractivity contribution in [2.75, 3.05) is 13.2 Å². The van der Waals surface area contributed by atoms with Crippen molar-refractivity contribution in [2.24, 2.45) is 5.92 Å². The molecule has 0 unspecified atom stereocenters. The van der Waals surface area contributed by atoms with E-state index in [1.54, 1.807) is 4.90 Å². The fraction of sp³-hybridized carbons (Fsp3) is 0.632. The highest BCUT2D eigenvalue weighted by molar-refractivity contribution is 6.72. The SMILES string of the molecule is CC(C)(C[C@@H]1C[C@@H](CO)N(C(=O)OCc2ccccc2)C1)[Si](C)(C)O. The standard InChI is InChI=1S/C19H31NO4Si/c1-19(2,25(3,4)23)11-16-10-17(13-21)20(12-16)18(22)24-14-15-8-6-5-7-9-15/h5-9,16-17,21,23H,10-14H2,1-4H3/t16-,17-/m0/s1. The van der Waals surface area contributed by atoms with Crippen LogP contribution in [0.2, 0.25) is 18.1 Å². The molecule has 0 aliphatic carbocycles. The summed E-state index contributed by atoms with van der Waals surface area (Å²) in [6.07, 6.45) is 1.23. The van der Waals surface area contributed by atoms with Crippen LogP contribution in [-0.4, -0.2) is 48.4 Å². The summed E-state index contributed by atoms with van der Waals surface area (Å²) in [4.78, 5) is 24.6. The number of aliphatic hydroxyl groups is 1. The quantitative estimate of drug-likeness (QED) is 0.758. The maximum atomic E-state index is 12.4. The summed E-state index contributed by atoms with van der Waals surface area (Å²) in [5.41, 5.74) is 0.946. The summed E-state index contributed by atoms with van der Waals surface area (Å²) in [6.45, 7) is 8.87. The molecular weight excluding hydrogens is 334 g/mol. The zero-order chi connectivity index (χ0) is 18.7. The second-order valence-electron chi connectivity index (χ2n) is 8.28. The van der Waals surface area contributed by atoms with E-state index in [2.05, 4.69) is 13.8 Å². The average molecular weight is 366 g/mol. The molecule has 1 saturated heterocycles. The second kappa shape index (κ2) is 7.89. The average Bonchev–Trinajstić information content (AvgIpc) is 2.95. The molecule has 2 N–H and O–H groups in total. The number of hydrogen-bond donors (Lipinski definition) is 2. The number of nitrogens with zero attached hydrogens (tertiary/aromatic N) is 1. The van der Waals surface area contributed by atoms with Crippen molar-refractivity contribution in [3.05, 3.63) is 35.9 Å². The smallest absolute Gasteiger partial charge is 0.410 e. The molecule has 0 spiro atoms. The third-order valence-electron chi connectivity index (χ3n) is 5.61. The molecule has 1 aromatic rings. The molecule has 1 fully saturated rings. The van der Waals surface area contributed by atoms with Gasteiger partial charge in [0.1, 0.15) is 6.61 Å². The Kier molecular flexibility index (Phi) is 6.29. The Balaban J connectivity index is 1.95. The van der Waals surface area contributed by atoms with Crippen LogP contribution in [0.4, 0.5) is 4.79 Å². The Morgan fingerprint density at radius 3 is 2.52 bits per heavy atom. The first kappa shape index (κ1) is 19.9. The molecule has 0 bridgehead atoms. The normalized spacial score (nSPS) is 21.4. The number of likely N-dealkylation sites (tertiary alicyclic amines) is 1. The molecule has 25 heavy (non-hydrogen) atoms. The molecule has 2 atom stereocenters. The molecule has 1 aliphatic heterocycles. The van der Waals surface area contributed by atoms with Crippen molar-refractivity contribution in [3.63, 3.8) is 0 Å². The van der Waals surface area contributed by atoms with Gasteiger partial charge in [-0.1, -0.05) is 44.2 Å². The monoisotopic (exact) mass is 365 g/mol. The minimum Gasteiger partial charge on any atom is -0.445 e. The molecule has 0 saturated carbocycles. The molecule has 1 aromatic carbocycles. The van der Waals surface area contributed by atoms with Gasteiger partial charge >= 0.3 is 6.09 Å². The van der Waals surface area contributed by atoms with Crippen LogP contribution in [-0.2, 0) is 11.3 Å². The van der Waals surface area contributed by atoms with Gasteiger partial charge in [0.15, 0.2) is 8.32 Å². The lowest BCUT2D eigenvalue weighted by Gasteiger charge is -2.37. The Morgan fingerprint density at radius 2 is 1.96 bits per heavy atom. The van der Waals surface area contributed by atoms with Crippen molar-refractivity contribution in [1.82, 2.24) is 4.90 Å². The first-order valence-electron chi connectivity index (χ1n) is 8.94. The first-order chi connectivity index (χ1) is 11.6. The van der Waals surface area contributed by atoms with Gasteiger partial charge in [-0.25, -0.2) is 4.79 Å². The predicted octanol–water partition coefficient (Wildman–Crippen LogP) is 3.37. The molecule has 1 heterocycles. The highest BCUT2D eigenvalue weighted by atomic mass is 28.4. The van der Waals surface area contributed by atoms with Gasteiger partial charge in [-0.15, -0.1) is 0 Å². The summed E-state index contributed by atoms with van der Waals surface area (Å²) >= 11 is 0. The van der Waals surface area contributed by atoms with Gasteiger partial charge in [-0.2, -0.15) is 0 Å². The fourth-order valence-electron chi connectivity index (χ4n) is 3.33.